The molecule has 1 aromatic carbocycles. The molecule has 1 aliphatic carbocycles. The smallest absolute Gasteiger partial charge is 0.261 e. The predicted octanol–water partition coefficient (Wildman–Crippen LogP) is 2.91. The van der Waals surface area contributed by atoms with E-state index in [2.05, 4.69) is 22.8 Å². The Bertz CT molecular complexity index is 826. The van der Waals surface area contributed by atoms with Crippen molar-refractivity contribution in [3.8, 4) is 6.07 Å². The van der Waals surface area contributed by atoms with E-state index < -0.39 is 0 Å². The van der Waals surface area contributed by atoms with Crippen LogP contribution in [-0.4, -0.2) is 17.5 Å². The summed E-state index contributed by atoms with van der Waals surface area (Å²) in [6, 6.07) is 9.71. The van der Waals surface area contributed by atoms with E-state index in [4.69, 9.17) is 5.26 Å². The average Bonchev–Trinajstić information content (AvgIpc) is 3.17. The number of carbonyl (C=O) groups is 1. The standard InChI is InChI=1S/C17H15N3OS/c18-10-11-3-4-12-9-14(22-13(12)8-11)16(21)20-15-2-1-7-19-17(15)5-6-17/h1,3-4,7-9,15,19H,2,5-6H2,(H,20,21). The van der Waals surface area contributed by atoms with Crippen LogP contribution in [0.4, 0.5) is 0 Å². The number of thiophene rings is 1. The van der Waals surface area contributed by atoms with Crippen molar-refractivity contribution in [1.82, 2.24) is 10.6 Å². The van der Waals surface area contributed by atoms with Crippen LogP contribution in [0, 0.1) is 11.3 Å². The summed E-state index contributed by atoms with van der Waals surface area (Å²) in [4.78, 5) is 13.2. The molecule has 0 saturated heterocycles. The van der Waals surface area contributed by atoms with Gasteiger partial charge in [0.25, 0.3) is 5.91 Å². The Kier molecular flexibility index (Phi) is 2.95. The Morgan fingerprint density at radius 1 is 1.41 bits per heavy atom. The number of hydrogen-bond donors (Lipinski definition) is 2. The lowest BCUT2D eigenvalue weighted by Gasteiger charge is -2.30. The van der Waals surface area contributed by atoms with Crippen molar-refractivity contribution in [3.05, 3.63) is 47.0 Å². The maximum Gasteiger partial charge on any atom is 0.261 e. The fourth-order valence-corrected chi connectivity index (χ4v) is 4.03. The molecule has 1 unspecified atom stereocenters. The number of benzene rings is 1. The zero-order valence-electron chi connectivity index (χ0n) is 11.9. The third-order valence-electron chi connectivity index (χ3n) is 4.49. The molecule has 1 saturated carbocycles. The summed E-state index contributed by atoms with van der Waals surface area (Å²) in [6.07, 6.45) is 7.17. The highest BCUT2D eigenvalue weighted by atomic mass is 32.1. The Labute approximate surface area is 132 Å². The van der Waals surface area contributed by atoms with Crippen LogP contribution in [-0.2, 0) is 0 Å². The van der Waals surface area contributed by atoms with Gasteiger partial charge in [0.1, 0.15) is 0 Å². The molecule has 1 fully saturated rings. The molecule has 0 radical (unpaired) electrons. The molecule has 5 heteroatoms. The van der Waals surface area contributed by atoms with E-state index in [0.29, 0.717) is 10.4 Å². The number of nitriles is 1. The second-order valence-electron chi connectivity index (χ2n) is 5.94. The molecule has 110 valence electrons. The molecule has 2 heterocycles. The molecule has 22 heavy (non-hydrogen) atoms. The second-order valence-corrected chi connectivity index (χ2v) is 7.02. The van der Waals surface area contributed by atoms with Crippen LogP contribution in [0.15, 0.2) is 36.5 Å². The summed E-state index contributed by atoms with van der Waals surface area (Å²) < 4.78 is 0.979. The topological polar surface area (TPSA) is 64.9 Å². The molecule has 2 aromatic rings. The van der Waals surface area contributed by atoms with Gasteiger partial charge in [0.15, 0.2) is 0 Å². The average molecular weight is 309 g/mol. The number of carbonyl (C=O) groups excluding carboxylic acids is 1. The largest absolute Gasteiger partial charge is 0.384 e. The third-order valence-corrected chi connectivity index (χ3v) is 5.59. The van der Waals surface area contributed by atoms with Gasteiger partial charge in [0.2, 0.25) is 0 Å². The maximum absolute atomic E-state index is 12.5. The van der Waals surface area contributed by atoms with Gasteiger partial charge in [0, 0.05) is 4.70 Å². The van der Waals surface area contributed by atoms with Crippen LogP contribution >= 0.6 is 11.3 Å². The highest BCUT2D eigenvalue weighted by Gasteiger charge is 2.50. The van der Waals surface area contributed by atoms with Gasteiger partial charge >= 0.3 is 0 Å². The van der Waals surface area contributed by atoms with E-state index in [1.54, 1.807) is 6.07 Å². The first-order chi connectivity index (χ1) is 10.7. The predicted molar refractivity (Wildman–Crippen MR) is 86.7 cm³/mol. The lowest BCUT2D eigenvalue weighted by atomic mass is 9.99. The van der Waals surface area contributed by atoms with E-state index >= 15 is 0 Å². The summed E-state index contributed by atoms with van der Waals surface area (Å²) in [7, 11) is 0. The zero-order valence-corrected chi connectivity index (χ0v) is 12.7. The highest BCUT2D eigenvalue weighted by Crippen LogP contribution is 2.41. The minimum absolute atomic E-state index is 0.0203. The van der Waals surface area contributed by atoms with Gasteiger partial charge in [-0.25, -0.2) is 0 Å². The van der Waals surface area contributed by atoms with Gasteiger partial charge in [-0.1, -0.05) is 12.1 Å². The Hall–Kier alpha value is -2.32. The SMILES string of the molecule is N#Cc1ccc2cc(C(=O)NC3CC=CNC34CC4)sc2c1. The molecule has 1 aromatic heterocycles. The van der Waals surface area contributed by atoms with Gasteiger partial charge < -0.3 is 10.6 Å². The summed E-state index contributed by atoms with van der Waals surface area (Å²) in [5.74, 6) is -0.0203. The summed E-state index contributed by atoms with van der Waals surface area (Å²) in [5.41, 5.74) is 0.703. The number of rotatable bonds is 2. The lowest BCUT2D eigenvalue weighted by Crippen LogP contribution is -2.52. The number of hydrogen-bond acceptors (Lipinski definition) is 4. The molecular formula is C17H15N3OS. The molecule has 1 aliphatic heterocycles. The molecule has 2 aliphatic rings. The van der Waals surface area contributed by atoms with Crippen molar-refractivity contribution in [2.45, 2.75) is 30.8 Å². The lowest BCUT2D eigenvalue weighted by molar-refractivity contribution is 0.0928. The minimum Gasteiger partial charge on any atom is -0.384 e. The minimum atomic E-state index is -0.0203. The monoisotopic (exact) mass is 309 g/mol. The summed E-state index contributed by atoms with van der Waals surface area (Å²) in [5, 5.41) is 16.5. The van der Waals surface area contributed by atoms with Gasteiger partial charge in [-0.3, -0.25) is 4.79 Å². The first kappa shape index (κ1) is 13.4. The van der Waals surface area contributed by atoms with E-state index in [1.807, 2.05) is 24.4 Å². The normalized spacial score (nSPS) is 21.3. The summed E-state index contributed by atoms with van der Waals surface area (Å²) >= 11 is 1.44. The van der Waals surface area contributed by atoms with Gasteiger partial charge in [-0.2, -0.15) is 5.26 Å². The molecule has 4 rings (SSSR count). The Balaban J connectivity index is 1.58. The van der Waals surface area contributed by atoms with Crippen molar-refractivity contribution in [3.63, 3.8) is 0 Å². The fraction of sp³-hybridized carbons (Fsp3) is 0.294. The Morgan fingerprint density at radius 2 is 2.27 bits per heavy atom. The quantitative estimate of drug-likeness (QED) is 0.896. The van der Waals surface area contributed by atoms with Crippen LogP contribution in [0.3, 0.4) is 0 Å². The van der Waals surface area contributed by atoms with Crippen molar-refractivity contribution in [2.75, 3.05) is 0 Å². The van der Waals surface area contributed by atoms with Crippen LogP contribution < -0.4 is 10.6 Å². The number of nitrogens with zero attached hydrogens (tertiary/aromatic N) is 1. The van der Waals surface area contributed by atoms with Crippen LogP contribution in [0.2, 0.25) is 0 Å². The Morgan fingerprint density at radius 3 is 3.05 bits per heavy atom. The van der Waals surface area contributed by atoms with Crippen molar-refractivity contribution in [2.24, 2.45) is 0 Å². The second kappa shape index (κ2) is 4.85. The van der Waals surface area contributed by atoms with Crippen LogP contribution in [0.1, 0.15) is 34.5 Å². The maximum atomic E-state index is 12.5. The first-order valence-electron chi connectivity index (χ1n) is 7.37. The third kappa shape index (κ3) is 2.16. The van der Waals surface area contributed by atoms with Crippen LogP contribution in [0.5, 0.6) is 0 Å². The fourth-order valence-electron chi connectivity index (χ4n) is 3.02. The molecular weight excluding hydrogens is 294 g/mol. The van der Waals surface area contributed by atoms with Gasteiger partial charge in [0.05, 0.1) is 28.1 Å². The van der Waals surface area contributed by atoms with Crippen molar-refractivity contribution >= 4 is 27.3 Å². The summed E-state index contributed by atoms with van der Waals surface area (Å²) in [6.45, 7) is 0. The molecule has 1 atom stereocenters. The number of amides is 1. The molecule has 0 bridgehead atoms. The van der Waals surface area contributed by atoms with Crippen molar-refractivity contribution < 1.29 is 4.79 Å². The molecule has 2 N–H and O–H groups in total. The zero-order chi connectivity index (χ0) is 15.2. The number of nitrogens with one attached hydrogen (secondary N) is 2. The van der Waals surface area contributed by atoms with E-state index in [0.717, 1.165) is 29.3 Å². The van der Waals surface area contributed by atoms with Gasteiger partial charge in [-0.05, 0) is 49.0 Å². The van der Waals surface area contributed by atoms with E-state index in [-0.39, 0.29) is 17.5 Å². The molecule has 1 amide bonds. The van der Waals surface area contributed by atoms with Gasteiger partial charge in [-0.15, -0.1) is 11.3 Å². The highest BCUT2D eigenvalue weighted by molar-refractivity contribution is 7.20. The van der Waals surface area contributed by atoms with Crippen LogP contribution in [0.25, 0.3) is 10.1 Å². The van der Waals surface area contributed by atoms with E-state index in [1.165, 1.54) is 11.3 Å². The van der Waals surface area contributed by atoms with E-state index in [9.17, 15) is 4.79 Å². The first-order valence-corrected chi connectivity index (χ1v) is 8.19. The number of fused-ring (bicyclic) bond motifs is 1. The van der Waals surface area contributed by atoms with Crippen molar-refractivity contribution in [1.29, 1.82) is 5.26 Å². The molecule has 1 spiro atoms. The molecule has 4 nitrogen and oxygen atoms in total.